The molecule has 0 bridgehead atoms. The summed E-state index contributed by atoms with van der Waals surface area (Å²) < 4.78 is 17.2. The van der Waals surface area contributed by atoms with Gasteiger partial charge < -0.3 is 24.8 Å². The van der Waals surface area contributed by atoms with Crippen LogP contribution in [-0.2, 0) is 34.0 Å². The Balaban J connectivity index is 0.00000385. The minimum Gasteiger partial charge on any atom is -0.379 e. The van der Waals surface area contributed by atoms with Gasteiger partial charge in [-0.1, -0.05) is 54.6 Å². The smallest absolute Gasteiger partial charge is 0.191 e. The fourth-order valence-corrected chi connectivity index (χ4v) is 3.56. The summed E-state index contributed by atoms with van der Waals surface area (Å²) in [6, 6.07) is 18.7. The Morgan fingerprint density at radius 2 is 1.79 bits per heavy atom. The van der Waals surface area contributed by atoms with E-state index in [2.05, 4.69) is 54.0 Å². The zero-order valence-corrected chi connectivity index (χ0v) is 22.0. The summed E-state index contributed by atoms with van der Waals surface area (Å²) in [5.74, 6) is 0.831. The van der Waals surface area contributed by atoms with Gasteiger partial charge in [-0.15, -0.1) is 24.0 Å². The van der Waals surface area contributed by atoms with Crippen LogP contribution >= 0.6 is 24.0 Å². The zero-order valence-electron chi connectivity index (χ0n) is 19.6. The van der Waals surface area contributed by atoms with E-state index in [1.165, 1.54) is 11.1 Å². The molecule has 2 aromatic rings. The lowest BCUT2D eigenvalue weighted by atomic mass is 10.1. The highest BCUT2D eigenvalue weighted by Gasteiger charge is 2.14. The van der Waals surface area contributed by atoms with E-state index in [-0.39, 0.29) is 24.0 Å². The molecule has 3 rings (SSSR count). The number of rotatable bonds is 13. The van der Waals surface area contributed by atoms with Crippen molar-refractivity contribution in [2.45, 2.75) is 52.0 Å². The minimum absolute atomic E-state index is 0. The van der Waals surface area contributed by atoms with Crippen molar-refractivity contribution in [1.82, 2.24) is 10.6 Å². The van der Waals surface area contributed by atoms with Crippen molar-refractivity contribution in [3.63, 3.8) is 0 Å². The lowest BCUT2D eigenvalue weighted by Crippen LogP contribution is -2.38. The van der Waals surface area contributed by atoms with Crippen molar-refractivity contribution in [3.8, 4) is 0 Å². The van der Waals surface area contributed by atoms with Crippen LogP contribution in [0.4, 0.5) is 0 Å². The van der Waals surface area contributed by atoms with E-state index in [0.717, 1.165) is 57.1 Å². The molecule has 1 atom stereocenters. The number of nitrogens with one attached hydrogen (secondary N) is 2. The van der Waals surface area contributed by atoms with Crippen LogP contribution < -0.4 is 10.6 Å². The maximum absolute atomic E-state index is 5.86. The van der Waals surface area contributed by atoms with Gasteiger partial charge in [-0.3, -0.25) is 0 Å². The van der Waals surface area contributed by atoms with Crippen molar-refractivity contribution in [2.24, 2.45) is 4.99 Å². The van der Waals surface area contributed by atoms with E-state index >= 15 is 0 Å². The number of aliphatic imine (C=N–C) groups is 1. The van der Waals surface area contributed by atoms with Crippen LogP contribution in [0.2, 0.25) is 0 Å². The molecule has 1 saturated heterocycles. The van der Waals surface area contributed by atoms with Crippen LogP contribution in [0.15, 0.2) is 59.6 Å². The van der Waals surface area contributed by atoms with Gasteiger partial charge in [0.15, 0.2) is 5.96 Å². The van der Waals surface area contributed by atoms with Crippen LogP contribution in [0.1, 0.15) is 42.9 Å². The summed E-state index contributed by atoms with van der Waals surface area (Å²) >= 11 is 0. The highest BCUT2D eigenvalue weighted by Crippen LogP contribution is 2.12. The fourth-order valence-electron chi connectivity index (χ4n) is 3.56. The summed E-state index contributed by atoms with van der Waals surface area (Å²) in [7, 11) is 0. The molecule has 182 valence electrons. The van der Waals surface area contributed by atoms with Gasteiger partial charge in [-0.2, -0.15) is 0 Å². The second kappa shape index (κ2) is 16.9. The maximum atomic E-state index is 5.86. The Bertz CT molecular complexity index is 798. The molecule has 1 heterocycles. The number of ether oxygens (including phenoxy) is 3. The Labute approximate surface area is 215 Å². The first kappa shape index (κ1) is 27.6. The van der Waals surface area contributed by atoms with Crippen molar-refractivity contribution in [3.05, 3.63) is 71.3 Å². The molecule has 33 heavy (non-hydrogen) atoms. The van der Waals surface area contributed by atoms with E-state index in [1.54, 1.807) is 0 Å². The molecule has 7 heteroatoms. The molecule has 2 N–H and O–H groups in total. The standard InChI is InChI=1S/C26H37N3O3.HI/c1-2-27-26(28-14-8-15-30-21-25-13-7-16-32-25)29-18-23-11-6-12-24(17-23)20-31-19-22-9-4-3-5-10-22;/h3-6,9-12,17,25H,2,7-8,13-16,18-21H2,1H3,(H2,27,28,29);1H. The molecule has 2 aromatic carbocycles. The van der Waals surface area contributed by atoms with Crippen LogP contribution in [0.5, 0.6) is 0 Å². The average Bonchev–Trinajstić information content (AvgIpc) is 3.34. The number of hydrogen-bond donors (Lipinski definition) is 2. The quantitative estimate of drug-likeness (QED) is 0.160. The lowest BCUT2D eigenvalue weighted by Gasteiger charge is -2.13. The number of guanidine groups is 1. The molecule has 1 aliphatic heterocycles. The third kappa shape index (κ3) is 11.3. The highest BCUT2D eigenvalue weighted by atomic mass is 127. The lowest BCUT2D eigenvalue weighted by molar-refractivity contribution is 0.0168. The molecule has 0 aliphatic carbocycles. The van der Waals surface area contributed by atoms with Gasteiger partial charge in [0.2, 0.25) is 0 Å². The largest absolute Gasteiger partial charge is 0.379 e. The van der Waals surface area contributed by atoms with Crippen LogP contribution in [0.3, 0.4) is 0 Å². The summed E-state index contributed by atoms with van der Waals surface area (Å²) in [5.41, 5.74) is 3.52. The molecule has 0 amide bonds. The second-order valence-corrected chi connectivity index (χ2v) is 7.98. The van der Waals surface area contributed by atoms with Gasteiger partial charge in [0.1, 0.15) is 0 Å². The van der Waals surface area contributed by atoms with Crippen molar-refractivity contribution >= 4 is 29.9 Å². The molecule has 1 aliphatic rings. The van der Waals surface area contributed by atoms with Gasteiger partial charge in [0, 0.05) is 26.3 Å². The Kier molecular flexibility index (Phi) is 14.1. The summed E-state index contributed by atoms with van der Waals surface area (Å²) in [5, 5.41) is 6.70. The number of nitrogens with zero attached hydrogens (tertiary/aromatic N) is 1. The molecule has 0 saturated carbocycles. The van der Waals surface area contributed by atoms with Gasteiger partial charge in [-0.25, -0.2) is 4.99 Å². The molecule has 1 fully saturated rings. The Morgan fingerprint density at radius 3 is 2.58 bits per heavy atom. The zero-order chi connectivity index (χ0) is 22.3. The highest BCUT2D eigenvalue weighted by molar-refractivity contribution is 14.0. The van der Waals surface area contributed by atoms with E-state index in [4.69, 9.17) is 19.2 Å². The average molecular weight is 568 g/mol. The van der Waals surface area contributed by atoms with Gasteiger partial charge in [0.05, 0.1) is 32.5 Å². The predicted molar refractivity (Wildman–Crippen MR) is 144 cm³/mol. The molecule has 0 radical (unpaired) electrons. The van der Waals surface area contributed by atoms with Gasteiger partial charge in [-0.05, 0) is 42.9 Å². The maximum Gasteiger partial charge on any atom is 0.191 e. The van der Waals surface area contributed by atoms with Crippen molar-refractivity contribution in [1.29, 1.82) is 0 Å². The SMILES string of the molecule is CCNC(=NCc1cccc(COCc2ccccc2)c1)NCCCOCC1CCCO1.I. The van der Waals surface area contributed by atoms with Crippen LogP contribution in [0, 0.1) is 0 Å². The summed E-state index contributed by atoms with van der Waals surface area (Å²) in [6.07, 6.45) is 3.50. The predicted octanol–water partition coefficient (Wildman–Crippen LogP) is 4.66. The van der Waals surface area contributed by atoms with Gasteiger partial charge in [0.25, 0.3) is 0 Å². The van der Waals surface area contributed by atoms with E-state index in [9.17, 15) is 0 Å². The van der Waals surface area contributed by atoms with E-state index < -0.39 is 0 Å². The second-order valence-electron chi connectivity index (χ2n) is 7.98. The van der Waals surface area contributed by atoms with Gasteiger partial charge >= 0.3 is 0 Å². The Hall–Kier alpha value is -1.68. The molecule has 1 unspecified atom stereocenters. The first-order chi connectivity index (χ1) is 15.8. The molecule has 6 nitrogen and oxygen atoms in total. The minimum atomic E-state index is 0. The topological polar surface area (TPSA) is 64.1 Å². The summed E-state index contributed by atoms with van der Waals surface area (Å²) in [4.78, 5) is 4.73. The third-order valence-electron chi connectivity index (χ3n) is 5.22. The fraction of sp³-hybridized carbons (Fsp3) is 0.500. The summed E-state index contributed by atoms with van der Waals surface area (Å²) in [6.45, 7) is 7.88. The van der Waals surface area contributed by atoms with E-state index in [1.807, 2.05) is 18.2 Å². The number of benzene rings is 2. The van der Waals surface area contributed by atoms with Crippen LogP contribution in [0.25, 0.3) is 0 Å². The number of halogens is 1. The Morgan fingerprint density at radius 1 is 1.00 bits per heavy atom. The molecule has 0 spiro atoms. The number of hydrogen-bond acceptors (Lipinski definition) is 4. The van der Waals surface area contributed by atoms with Crippen molar-refractivity contribution in [2.75, 3.05) is 32.9 Å². The first-order valence-electron chi connectivity index (χ1n) is 11.7. The third-order valence-corrected chi connectivity index (χ3v) is 5.22. The molecular weight excluding hydrogens is 529 g/mol. The normalized spacial score (nSPS) is 15.8. The first-order valence-corrected chi connectivity index (χ1v) is 11.7. The monoisotopic (exact) mass is 567 g/mol. The molecular formula is C26H38IN3O3. The van der Waals surface area contributed by atoms with Crippen LogP contribution in [-0.4, -0.2) is 45.0 Å². The van der Waals surface area contributed by atoms with E-state index in [0.29, 0.717) is 32.5 Å². The molecule has 0 aromatic heterocycles. The van der Waals surface area contributed by atoms with Crippen molar-refractivity contribution < 1.29 is 14.2 Å².